The van der Waals surface area contributed by atoms with Crippen molar-refractivity contribution >= 4 is 22.4 Å². The Labute approximate surface area is 107 Å². The summed E-state index contributed by atoms with van der Waals surface area (Å²) in [5, 5.41) is 7.02. The maximum Gasteiger partial charge on any atom is 0.243 e. The summed E-state index contributed by atoms with van der Waals surface area (Å²) in [6.07, 6.45) is 4.74. The van der Waals surface area contributed by atoms with Gasteiger partial charge in [0.2, 0.25) is 10.0 Å². The summed E-state index contributed by atoms with van der Waals surface area (Å²) in [7, 11) is -1.72. The van der Waals surface area contributed by atoms with Crippen molar-refractivity contribution in [2.45, 2.75) is 23.8 Å². The van der Waals surface area contributed by atoms with Crippen LogP contribution in [0.15, 0.2) is 17.3 Å². The molecule has 0 radical (unpaired) electrons. The zero-order valence-corrected chi connectivity index (χ0v) is 11.2. The highest BCUT2D eigenvalue weighted by molar-refractivity contribution is 7.89. The van der Waals surface area contributed by atoms with Gasteiger partial charge >= 0.3 is 0 Å². The highest BCUT2D eigenvalue weighted by Gasteiger charge is 2.22. The molecule has 0 aliphatic carbocycles. The van der Waals surface area contributed by atoms with E-state index < -0.39 is 10.0 Å². The summed E-state index contributed by atoms with van der Waals surface area (Å²) >= 11 is 0. The van der Waals surface area contributed by atoms with E-state index in [0.29, 0.717) is 6.54 Å². The second-order valence-electron chi connectivity index (χ2n) is 4.01. The average Bonchev–Trinajstić information content (AvgIpc) is 2.66. The molecule has 0 spiro atoms. The van der Waals surface area contributed by atoms with E-state index in [9.17, 15) is 8.42 Å². The van der Waals surface area contributed by atoms with Crippen LogP contribution >= 0.6 is 12.4 Å². The quantitative estimate of drug-likeness (QED) is 0.809. The van der Waals surface area contributed by atoms with E-state index in [2.05, 4.69) is 15.1 Å². The molecular formula is C9H17ClN4O2S. The van der Waals surface area contributed by atoms with Gasteiger partial charge in [0.1, 0.15) is 4.90 Å². The number of nitrogens with zero attached hydrogens (tertiary/aromatic N) is 2. The summed E-state index contributed by atoms with van der Waals surface area (Å²) < 4.78 is 28.0. The van der Waals surface area contributed by atoms with Crippen molar-refractivity contribution in [1.82, 2.24) is 19.8 Å². The molecule has 1 aliphatic rings. The van der Waals surface area contributed by atoms with E-state index in [0.717, 1.165) is 19.4 Å². The first-order chi connectivity index (χ1) is 7.58. The topological polar surface area (TPSA) is 76.0 Å². The molecule has 1 fully saturated rings. The molecular weight excluding hydrogens is 264 g/mol. The van der Waals surface area contributed by atoms with E-state index in [-0.39, 0.29) is 23.3 Å². The minimum atomic E-state index is -3.41. The number of sulfonamides is 1. The average molecular weight is 281 g/mol. The lowest BCUT2D eigenvalue weighted by Gasteiger charge is -2.23. The first kappa shape index (κ1) is 14.4. The fourth-order valence-electron chi connectivity index (χ4n) is 1.78. The number of rotatable bonds is 3. The van der Waals surface area contributed by atoms with Crippen LogP contribution in [0.5, 0.6) is 0 Å². The van der Waals surface area contributed by atoms with Crippen LogP contribution in [0.4, 0.5) is 0 Å². The minimum Gasteiger partial charge on any atom is -0.315 e. The molecule has 2 heterocycles. The van der Waals surface area contributed by atoms with Crippen LogP contribution in [-0.4, -0.2) is 37.3 Å². The summed E-state index contributed by atoms with van der Waals surface area (Å²) in [5.74, 6) is 0. The second-order valence-corrected chi connectivity index (χ2v) is 5.73. The normalized spacial score (nSPS) is 20.9. The smallest absolute Gasteiger partial charge is 0.243 e. The van der Waals surface area contributed by atoms with Gasteiger partial charge in [-0.3, -0.25) is 4.68 Å². The molecule has 6 nitrogen and oxygen atoms in total. The monoisotopic (exact) mass is 280 g/mol. The van der Waals surface area contributed by atoms with Gasteiger partial charge in [-0.2, -0.15) is 5.10 Å². The number of aryl methyl sites for hydroxylation is 1. The molecule has 1 unspecified atom stereocenters. The van der Waals surface area contributed by atoms with Gasteiger partial charge in [-0.25, -0.2) is 13.1 Å². The molecule has 1 saturated heterocycles. The zero-order chi connectivity index (χ0) is 11.6. The van der Waals surface area contributed by atoms with Crippen molar-refractivity contribution in [2.24, 2.45) is 7.05 Å². The molecule has 8 heteroatoms. The maximum absolute atomic E-state index is 11.9. The van der Waals surface area contributed by atoms with Gasteiger partial charge in [0.15, 0.2) is 0 Å². The van der Waals surface area contributed by atoms with Gasteiger partial charge < -0.3 is 5.32 Å². The minimum absolute atomic E-state index is 0. The molecule has 17 heavy (non-hydrogen) atoms. The number of aromatic nitrogens is 2. The Morgan fingerprint density at radius 3 is 2.88 bits per heavy atom. The van der Waals surface area contributed by atoms with Gasteiger partial charge in [0, 0.05) is 25.8 Å². The van der Waals surface area contributed by atoms with Crippen LogP contribution in [0.2, 0.25) is 0 Å². The van der Waals surface area contributed by atoms with Crippen molar-refractivity contribution < 1.29 is 8.42 Å². The molecule has 2 N–H and O–H groups in total. The third-order valence-electron chi connectivity index (χ3n) is 2.61. The van der Waals surface area contributed by atoms with Crippen LogP contribution in [0, 0.1) is 0 Å². The van der Waals surface area contributed by atoms with Crippen molar-refractivity contribution in [2.75, 3.05) is 13.1 Å². The first-order valence-corrected chi connectivity index (χ1v) is 6.78. The van der Waals surface area contributed by atoms with E-state index in [1.807, 2.05) is 0 Å². The highest BCUT2D eigenvalue weighted by atomic mass is 35.5. The van der Waals surface area contributed by atoms with Crippen LogP contribution in [-0.2, 0) is 17.1 Å². The second kappa shape index (κ2) is 5.81. The van der Waals surface area contributed by atoms with Crippen LogP contribution in [0.25, 0.3) is 0 Å². The summed E-state index contributed by atoms with van der Waals surface area (Å²) in [6.45, 7) is 1.66. The molecule has 98 valence electrons. The SMILES string of the molecule is Cl.Cn1cc(S(=O)(=O)NC2CCCNC2)cn1. The molecule has 0 aromatic carbocycles. The summed E-state index contributed by atoms with van der Waals surface area (Å²) in [4.78, 5) is 0.223. The fourth-order valence-corrected chi connectivity index (χ4v) is 3.03. The van der Waals surface area contributed by atoms with Gasteiger partial charge in [-0.15, -0.1) is 12.4 Å². The lowest BCUT2D eigenvalue weighted by molar-refractivity contribution is 0.428. The molecule has 0 bridgehead atoms. The summed E-state index contributed by atoms with van der Waals surface area (Å²) in [5.41, 5.74) is 0. The Bertz CT molecular complexity index is 453. The molecule has 1 aliphatic heterocycles. The Kier molecular flexibility index (Phi) is 4.93. The number of nitrogens with one attached hydrogen (secondary N) is 2. The predicted molar refractivity (Wildman–Crippen MR) is 66.7 cm³/mol. The third-order valence-corrected chi connectivity index (χ3v) is 4.09. The molecule has 1 atom stereocenters. The first-order valence-electron chi connectivity index (χ1n) is 5.29. The fraction of sp³-hybridized carbons (Fsp3) is 0.667. The van der Waals surface area contributed by atoms with Crippen LogP contribution in [0.3, 0.4) is 0 Å². The number of hydrogen-bond acceptors (Lipinski definition) is 4. The van der Waals surface area contributed by atoms with Crippen molar-refractivity contribution in [3.05, 3.63) is 12.4 Å². The lowest BCUT2D eigenvalue weighted by atomic mass is 10.1. The molecule has 0 amide bonds. The van der Waals surface area contributed by atoms with Gasteiger partial charge in [0.25, 0.3) is 0 Å². The largest absolute Gasteiger partial charge is 0.315 e. The van der Waals surface area contributed by atoms with Gasteiger partial charge in [-0.1, -0.05) is 0 Å². The molecule has 2 rings (SSSR count). The van der Waals surface area contributed by atoms with Crippen molar-refractivity contribution in [3.63, 3.8) is 0 Å². The highest BCUT2D eigenvalue weighted by Crippen LogP contribution is 2.10. The number of piperidine rings is 1. The van der Waals surface area contributed by atoms with Crippen molar-refractivity contribution in [1.29, 1.82) is 0 Å². The van der Waals surface area contributed by atoms with E-state index in [1.54, 1.807) is 7.05 Å². The van der Waals surface area contributed by atoms with Crippen LogP contribution in [0.1, 0.15) is 12.8 Å². The van der Waals surface area contributed by atoms with Gasteiger partial charge in [-0.05, 0) is 19.4 Å². The Hall–Kier alpha value is -0.630. The van der Waals surface area contributed by atoms with Crippen molar-refractivity contribution in [3.8, 4) is 0 Å². The third kappa shape index (κ3) is 3.67. The van der Waals surface area contributed by atoms with E-state index in [1.165, 1.54) is 17.1 Å². The number of hydrogen-bond donors (Lipinski definition) is 2. The van der Waals surface area contributed by atoms with Gasteiger partial charge in [0.05, 0.1) is 6.20 Å². The van der Waals surface area contributed by atoms with E-state index >= 15 is 0 Å². The van der Waals surface area contributed by atoms with E-state index in [4.69, 9.17) is 0 Å². The Morgan fingerprint density at radius 2 is 2.35 bits per heavy atom. The lowest BCUT2D eigenvalue weighted by Crippen LogP contribution is -2.45. The number of halogens is 1. The maximum atomic E-state index is 11.9. The van der Waals surface area contributed by atoms with Crippen LogP contribution < -0.4 is 10.0 Å². The molecule has 1 aromatic rings. The zero-order valence-electron chi connectivity index (χ0n) is 9.59. The standard InChI is InChI=1S/C9H16N4O2S.ClH/c1-13-7-9(6-11-13)16(14,15)12-8-3-2-4-10-5-8;/h6-8,10,12H,2-5H2,1H3;1H. The molecule has 0 saturated carbocycles. The summed E-state index contributed by atoms with van der Waals surface area (Å²) in [6, 6.07) is -0.0149. The Balaban J connectivity index is 0.00000144. The molecule has 1 aromatic heterocycles. The Morgan fingerprint density at radius 1 is 1.59 bits per heavy atom. The predicted octanol–water partition coefficient (Wildman–Crippen LogP) is -0.128.